The van der Waals surface area contributed by atoms with Gasteiger partial charge in [0.15, 0.2) is 6.10 Å². The van der Waals surface area contributed by atoms with Gasteiger partial charge in [-0.2, -0.15) is 5.10 Å². The Morgan fingerprint density at radius 1 is 1.27 bits per heavy atom. The van der Waals surface area contributed by atoms with Gasteiger partial charge in [0.25, 0.3) is 5.91 Å². The fourth-order valence-corrected chi connectivity index (χ4v) is 2.83. The van der Waals surface area contributed by atoms with Crippen molar-refractivity contribution in [2.45, 2.75) is 32.4 Å². The summed E-state index contributed by atoms with van der Waals surface area (Å²) in [4.78, 5) is 39.1. The van der Waals surface area contributed by atoms with E-state index in [4.69, 9.17) is 4.74 Å². The van der Waals surface area contributed by atoms with E-state index in [1.54, 1.807) is 45.2 Å². The number of hydrogen-bond donors (Lipinski definition) is 1. The number of anilines is 2. The van der Waals surface area contributed by atoms with Gasteiger partial charge in [0.05, 0.1) is 23.1 Å². The summed E-state index contributed by atoms with van der Waals surface area (Å²) in [6.45, 7) is 4.78. The number of ether oxygens (including phenoxy) is 1. The van der Waals surface area contributed by atoms with E-state index in [1.807, 2.05) is 0 Å². The second-order valence-electron chi connectivity index (χ2n) is 6.65. The average molecular weight is 356 g/mol. The van der Waals surface area contributed by atoms with Crippen molar-refractivity contribution in [2.24, 2.45) is 7.05 Å². The second kappa shape index (κ2) is 6.29. The summed E-state index contributed by atoms with van der Waals surface area (Å²) in [5.41, 5.74) is 0.228. The van der Waals surface area contributed by atoms with Gasteiger partial charge < -0.3 is 10.1 Å². The number of benzene rings is 1. The third kappa shape index (κ3) is 2.94. The van der Waals surface area contributed by atoms with Gasteiger partial charge in [0, 0.05) is 13.2 Å². The number of hydrogen-bond acceptors (Lipinski definition) is 5. The molecule has 1 aliphatic heterocycles. The summed E-state index contributed by atoms with van der Waals surface area (Å²) >= 11 is 0. The van der Waals surface area contributed by atoms with Crippen LogP contribution in [0.1, 0.15) is 31.1 Å². The Hall–Kier alpha value is -3.16. The van der Waals surface area contributed by atoms with Gasteiger partial charge in [-0.3, -0.25) is 19.2 Å². The molecule has 0 saturated carbocycles. The van der Waals surface area contributed by atoms with Gasteiger partial charge in [-0.15, -0.1) is 0 Å². The number of rotatable bonds is 3. The van der Waals surface area contributed by atoms with Crippen LogP contribution in [0.4, 0.5) is 11.4 Å². The minimum absolute atomic E-state index is 0.253. The highest BCUT2D eigenvalue weighted by Crippen LogP contribution is 2.37. The third-order valence-corrected chi connectivity index (χ3v) is 4.30. The Labute approximate surface area is 150 Å². The van der Waals surface area contributed by atoms with Crippen LogP contribution in [0.3, 0.4) is 0 Å². The molecule has 0 radical (unpaired) electrons. The van der Waals surface area contributed by atoms with Crippen LogP contribution in [0.15, 0.2) is 36.7 Å². The second-order valence-corrected chi connectivity index (χ2v) is 6.65. The Kier molecular flexibility index (Phi) is 4.27. The number of aryl methyl sites for hydroxylation is 1. The van der Waals surface area contributed by atoms with Gasteiger partial charge in [0.2, 0.25) is 5.91 Å². The maximum absolute atomic E-state index is 13.0. The fraction of sp³-hybridized carbons (Fsp3) is 0.333. The van der Waals surface area contributed by atoms with Crippen LogP contribution in [0.5, 0.6) is 0 Å². The molecule has 26 heavy (non-hydrogen) atoms. The monoisotopic (exact) mass is 356 g/mol. The number of esters is 1. The number of nitrogens with zero attached hydrogens (tertiary/aromatic N) is 3. The van der Waals surface area contributed by atoms with E-state index in [9.17, 15) is 14.4 Å². The molecule has 0 bridgehead atoms. The van der Waals surface area contributed by atoms with Crippen LogP contribution in [0, 0.1) is 0 Å². The SMILES string of the molecule is C[C@@H](OC(=O)c1cnn(C)c1)C(=O)N1c2ccccc2NC(=O)C1(C)C. The van der Waals surface area contributed by atoms with Crippen LogP contribution in [0.2, 0.25) is 0 Å². The van der Waals surface area contributed by atoms with Crippen molar-refractivity contribution >= 4 is 29.2 Å². The minimum Gasteiger partial charge on any atom is -0.449 e. The van der Waals surface area contributed by atoms with E-state index < -0.39 is 23.5 Å². The van der Waals surface area contributed by atoms with Crippen LogP contribution in [0.25, 0.3) is 0 Å². The van der Waals surface area contributed by atoms with E-state index in [0.717, 1.165) is 0 Å². The Morgan fingerprint density at radius 3 is 2.62 bits per heavy atom. The number of nitrogens with one attached hydrogen (secondary N) is 1. The number of carbonyl (C=O) groups is 3. The van der Waals surface area contributed by atoms with E-state index >= 15 is 0 Å². The predicted molar refractivity (Wildman–Crippen MR) is 94.7 cm³/mol. The maximum Gasteiger partial charge on any atom is 0.342 e. The molecule has 1 N–H and O–H groups in total. The molecule has 136 valence electrons. The number of aromatic nitrogens is 2. The quantitative estimate of drug-likeness (QED) is 0.846. The molecule has 2 aromatic rings. The molecule has 3 rings (SSSR count). The maximum atomic E-state index is 13.0. The van der Waals surface area contributed by atoms with Crippen molar-refractivity contribution in [2.75, 3.05) is 10.2 Å². The Balaban J connectivity index is 1.87. The van der Waals surface area contributed by atoms with Crippen molar-refractivity contribution in [3.63, 3.8) is 0 Å². The molecule has 8 heteroatoms. The molecule has 2 amide bonds. The summed E-state index contributed by atoms with van der Waals surface area (Å²) in [6, 6.07) is 7.00. The summed E-state index contributed by atoms with van der Waals surface area (Å²) in [5, 5.41) is 6.70. The highest BCUT2D eigenvalue weighted by molar-refractivity contribution is 6.15. The third-order valence-electron chi connectivity index (χ3n) is 4.30. The Morgan fingerprint density at radius 2 is 1.96 bits per heavy atom. The van der Waals surface area contributed by atoms with Gasteiger partial charge in [0.1, 0.15) is 5.54 Å². The molecule has 1 aliphatic rings. The fourth-order valence-electron chi connectivity index (χ4n) is 2.83. The smallest absolute Gasteiger partial charge is 0.342 e. The molecular formula is C18H20N4O4. The average Bonchev–Trinajstić information content (AvgIpc) is 3.02. The molecule has 8 nitrogen and oxygen atoms in total. The molecule has 0 fully saturated rings. The van der Waals surface area contributed by atoms with E-state index in [1.165, 1.54) is 28.9 Å². The molecule has 2 heterocycles. The lowest BCUT2D eigenvalue weighted by Crippen LogP contribution is -2.60. The first-order valence-corrected chi connectivity index (χ1v) is 8.16. The van der Waals surface area contributed by atoms with Crippen molar-refractivity contribution in [1.29, 1.82) is 0 Å². The summed E-state index contributed by atoms with van der Waals surface area (Å²) in [7, 11) is 1.68. The molecule has 0 unspecified atom stereocenters. The zero-order chi connectivity index (χ0) is 19.1. The van der Waals surface area contributed by atoms with Gasteiger partial charge in [-0.25, -0.2) is 4.79 Å². The van der Waals surface area contributed by atoms with Crippen molar-refractivity contribution in [3.8, 4) is 0 Å². The van der Waals surface area contributed by atoms with Crippen molar-refractivity contribution in [3.05, 3.63) is 42.2 Å². The van der Waals surface area contributed by atoms with Crippen molar-refractivity contribution in [1.82, 2.24) is 9.78 Å². The first-order valence-electron chi connectivity index (χ1n) is 8.16. The molecule has 1 atom stereocenters. The van der Waals surface area contributed by atoms with E-state index in [0.29, 0.717) is 11.4 Å². The van der Waals surface area contributed by atoms with Gasteiger partial charge >= 0.3 is 5.97 Å². The first-order chi connectivity index (χ1) is 12.2. The standard InChI is InChI=1S/C18H20N4O4/c1-11(26-16(24)12-9-19-21(4)10-12)15(23)22-14-8-6-5-7-13(14)20-17(25)18(22,2)3/h5-11H,1-4H3,(H,20,25)/t11-/m1/s1. The van der Waals surface area contributed by atoms with Crippen LogP contribution < -0.4 is 10.2 Å². The molecule has 0 saturated heterocycles. The molecule has 1 aromatic heterocycles. The summed E-state index contributed by atoms with van der Waals surface area (Å²) in [6.07, 6.45) is 1.81. The normalized spacial score (nSPS) is 16.5. The van der Waals surface area contributed by atoms with Crippen molar-refractivity contribution < 1.29 is 19.1 Å². The summed E-state index contributed by atoms with van der Waals surface area (Å²) in [5.74, 6) is -1.43. The zero-order valence-electron chi connectivity index (χ0n) is 15.0. The topological polar surface area (TPSA) is 93.5 Å². The lowest BCUT2D eigenvalue weighted by Gasteiger charge is -2.42. The molecule has 0 aliphatic carbocycles. The molecule has 0 spiro atoms. The van der Waals surface area contributed by atoms with Gasteiger partial charge in [-0.1, -0.05) is 12.1 Å². The minimum atomic E-state index is -1.12. The number of fused-ring (bicyclic) bond motifs is 1. The highest BCUT2D eigenvalue weighted by atomic mass is 16.5. The summed E-state index contributed by atoms with van der Waals surface area (Å²) < 4.78 is 6.76. The lowest BCUT2D eigenvalue weighted by atomic mass is 9.95. The lowest BCUT2D eigenvalue weighted by molar-refractivity contribution is -0.131. The number of para-hydroxylation sites is 2. The van der Waals surface area contributed by atoms with Crippen LogP contribution >= 0.6 is 0 Å². The van der Waals surface area contributed by atoms with Gasteiger partial charge in [-0.05, 0) is 32.9 Å². The first kappa shape index (κ1) is 17.7. The largest absolute Gasteiger partial charge is 0.449 e. The molecular weight excluding hydrogens is 336 g/mol. The number of amides is 2. The number of carbonyl (C=O) groups excluding carboxylic acids is 3. The highest BCUT2D eigenvalue weighted by Gasteiger charge is 2.45. The van der Waals surface area contributed by atoms with E-state index in [2.05, 4.69) is 10.4 Å². The predicted octanol–water partition coefficient (Wildman–Crippen LogP) is 1.73. The zero-order valence-corrected chi connectivity index (χ0v) is 15.0. The van der Waals surface area contributed by atoms with Crippen LogP contribution in [-0.2, 0) is 21.4 Å². The van der Waals surface area contributed by atoms with E-state index in [-0.39, 0.29) is 11.5 Å². The van der Waals surface area contributed by atoms with Crippen LogP contribution in [-0.4, -0.2) is 39.2 Å². The Bertz CT molecular complexity index is 887. The molecule has 1 aromatic carbocycles.